The van der Waals surface area contributed by atoms with Crippen molar-refractivity contribution in [2.75, 3.05) is 12.9 Å². The van der Waals surface area contributed by atoms with E-state index >= 15 is 0 Å². The Bertz CT molecular complexity index is 465. The molecule has 1 atom stereocenters. The van der Waals surface area contributed by atoms with E-state index in [1.165, 1.54) is 6.42 Å². The van der Waals surface area contributed by atoms with Gasteiger partial charge in [0.2, 0.25) is 0 Å². The van der Waals surface area contributed by atoms with Crippen LogP contribution in [0.5, 0.6) is 5.75 Å². The number of nitrogens with zero attached hydrogens (tertiary/aromatic N) is 1. The van der Waals surface area contributed by atoms with Crippen LogP contribution in [0, 0.1) is 0 Å². The molecular weight excluding hydrogens is 280 g/mol. The van der Waals surface area contributed by atoms with Gasteiger partial charge in [0.1, 0.15) is 5.75 Å². The van der Waals surface area contributed by atoms with Gasteiger partial charge < -0.3 is 10.1 Å². The van der Waals surface area contributed by atoms with Crippen molar-refractivity contribution in [1.82, 2.24) is 5.32 Å². The van der Waals surface area contributed by atoms with Crippen molar-refractivity contribution in [1.29, 1.82) is 0 Å². The van der Waals surface area contributed by atoms with Gasteiger partial charge >= 0.3 is 0 Å². The van der Waals surface area contributed by atoms with E-state index in [1.807, 2.05) is 18.2 Å². The monoisotopic (exact) mass is 298 g/mol. The SMILES string of the molecule is CCC1CCSC(=NCc2c(Cl)cccc2OC)N1. The molecule has 0 aliphatic carbocycles. The Morgan fingerprint density at radius 2 is 2.37 bits per heavy atom. The van der Waals surface area contributed by atoms with Crippen LogP contribution in [0.15, 0.2) is 23.2 Å². The number of methoxy groups -OCH3 is 1. The van der Waals surface area contributed by atoms with Gasteiger partial charge in [-0.05, 0) is 25.0 Å². The van der Waals surface area contributed by atoms with Crippen LogP contribution in [0.25, 0.3) is 0 Å². The van der Waals surface area contributed by atoms with Gasteiger partial charge in [0.05, 0.1) is 13.7 Å². The Morgan fingerprint density at radius 1 is 1.53 bits per heavy atom. The average molecular weight is 299 g/mol. The van der Waals surface area contributed by atoms with Gasteiger partial charge in [-0.2, -0.15) is 0 Å². The van der Waals surface area contributed by atoms with Gasteiger partial charge in [0, 0.05) is 22.4 Å². The van der Waals surface area contributed by atoms with Gasteiger partial charge in [-0.3, -0.25) is 4.99 Å². The summed E-state index contributed by atoms with van der Waals surface area (Å²) < 4.78 is 5.33. The maximum atomic E-state index is 6.21. The molecule has 19 heavy (non-hydrogen) atoms. The lowest BCUT2D eigenvalue weighted by molar-refractivity contribution is 0.410. The van der Waals surface area contributed by atoms with E-state index in [2.05, 4.69) is 17.2 Å². The van der Waals surface area contributed by atoms with Crippen molar-refractivity contribution in [3.8, 4) is 5.75 Å². The zero-order chi connectivity index (χ0) is 13.7. The zero-order valence-electron chi connectivity index (χ0n) is 11.3. The van der Waals surface area contributed by atoms with E-state index in [-0.39, 0.29) is 0 Å². The Kier molecular flexibility index (Phi) is 5.40. The summed E-state index contributed by atoms with van der Waals surface area (Å²) in [4.78, 5) is 4.63. The van der Waals surface area contributed by atoms with E-state index in [9.17, 15) is 0 Å². The second kappa shape index (κ2) is 7.06. The van der Waals surface area contributed by atoms with Gasteiger partial charge in [-0.1, -0.05) is 36.4 Å². The number of ether oxygens (including phenoxy) is 1. The van der Waals surface area contributed by atoms with Crippen molar-refractivity contribution in [3.05, 3.63) is 28.8 Å². The number of amidine groups is 1. The second-order valence-electron chi connectivity index (χ2n) is 4.43. The molecule has 1 aliphatic heterocycles. The molecule has 1 unspecified atom stereocenters. The molecule has 1 aromatic rings. The molecule has 0 radical (unpaired) electrons. The molecule has 0 saturated carbocycles. The third-order valence-electron chi connectivity index (χ3n) is 3.20. The summed E-state index contributed by atoms with van der Waals surface area (Å²) in [6.45, 7) is 2.75. The summed E-state index contributed by atoms with van der Waals surface area (Å²) in [7, 11) is 1.66. The fraction of sp³-hybridized carbons (Fsp3) is 0.500. The summed E-state index contributed by atoms with van der Waals surface area (Å²) in [6.07, 6.45) is 2.34. The lowest BCUT2D eigenvalue weighted by Crippen LogP contribution is -2.37. The first-order valence-corrected chi connectivity index (χ1v) is 7.86. The molecule has 1 saturated heterocycles. The molecule has 0 amide bonds. The lowest BCUT2D eigenvalue weighted by Gasteiger charge is -2.24. The molecule has 0 bridgehead atoms. The minimum Gasteiger partial charge on any atom is -0.496 e. The van der Waals surface area contributed by atoms with Crippen LogP contribution in [0.1, 0.15) is 25.3 Å². The Labute approximate surface area is 123 Å². The van der Waals surface area contributed by atoms with E-state index in [0.717, 1.165) is 28.7 Å². The van der Waals surface area contributed by atoms with Crippen molar-refractivity contribution in [2.24, 2.45) is 4.99 Å². The predicted octanol–water partition coefficient (Wildman–Crippen LogP) is 3.71. The fourth-order valence-electron chi connectivity index (χ4n) is 2.02. The molecule has 1 heterocycles. The smallest absolute Gasteiger partial charge is 0.157 e. The number of nitrogens with one attached hydrogen (secondary N) is 1. The van der Waals surface area contributed by atoms with Crippen LogP contribution >= 0.6 is 23.4 Å². The Balaban J connectivity index is 2.09. The highest BCUT2D eigenvalue weighted by molar-refractivity contribution is 8.13. The van der Waals surface area contributed by atoms with Gasteiger partial charge in [0.15, 0.2) is 5.17 Å². The first-order chi connectivity index (χ1) is 9.24. The number of aliphatic imine (C=N–C) groups is 1. The molecular formula is C14H19ClN2OS. The van der Waals surface area contributed by atoms with E-state index in [4.69, 9.17) is 16.3 Å². The van der Waals surface area contributed by atoms with Crippen LogP contribution in [0.4, 0.5) is 0 Å². The van der Waals surface area contributed by atoms with E-state index < -0.39 is 0 Å². The summed E-state index contributed by atoms with van der Waals surface area (Å²) in [5.74, 6) is 1.92. The predicted molar refractivity (Wildman–Crippen MR) is 83.4 cm³/mol. The van der Waals surface area contributed by atoms with Crippen molar-refractivity contribution in [2.45, 2.75) is 32.4 Å². The fourth-order valence-corrected chi connectivity index (χ4v) is 3.25. The van der Waals surface area contributed by atoms with Gasteiger partial charge in [-0.25, -0.2) is 0 Å². The van der Waals surface area contributed by atoms with Crippen LogP contribution in [-0.4, -0.2) is 24.1 Å². The highest BCUT2D eigenvalue weighted by Crippen LogP contribution is 2.27. The normalized spacial score (nSPS) is 21.2. The molecule has 1 fully saturated rings. The molecule has 2 rings (SSSR count). The number of rotatable bonds is 4. The van der Waals surface area contributed by atoms with Crippen LogP contribution in [-0.2, 0) is 6.54 Å². The maximum absolute atomic E-state index is 6.21. The van der Waals surface area contributed by atoms with Crippen molar-refractivity contribution < 1.29 is 4.74 Å². The highest BCUT2D eigenvalue weighted by Gasteiger charge is 2.16. The number of hydrogen-bond donors (Lipinski definition) is 1. The summed E-state index contributed by atoms with van der Waals surface area (Å²) in [6, 6.07) is 6.22. The number of halogens is 1. The third-order valence-corrected chi connectivity index (χ3v) is 4.52. The largest absolute Gasteiger partial charge is 0.496 e. The van der Waals surface area contributed by atoms with Crippen molar-refractivity contribution in [3.63, 3.8) is 0 Å². The summed E-state index contributed by atoms with van der Waals surface area (Å²) in [5.41, 5.74) is 0.945. The average Bonchev–Trinajstić information content (AvgIpc) is 2.46. The molecule has 0 spiro atoms. The lowest BCUT2D eigenvalue weighted by atomic mass is 10.2. The Morgan fingerprint density at radius 3 is 3.11 bits per heavy atom. The van der Waals surface area contributed by atoms with Gasteiger partial charge in [-0.15, -0.1) is 0 Å². The molecule has 1 aromatic carbocycles. The minimum atomic E-state index is 0.549. The first kappa shape index (κ1) is 14.5. The summed E-state index contributed by atoms with van der Waals surface area (Å²) >= 11 is 7.98. The third kappa shape index (κ3) is 3.80. The molecule has 1 N–H and O–H groups in total. The quantitative estimate of drug-likeness (QED) is 0.920. The molecule has 5 heteroatoms. The maximum Gasteiger partial charge on any atom is 0.157 e. The molecule has 0 aromatic heterocycles. The van der Waals surface area contributed by atoms with E-state index in [1.54, 1.807) is 18.9 Å². The second-order valence-corrected chi connectivity index (χ2v) is 5.92. The molecule has 3 nitrogen and oxygen atoms in total. The Hall–Kier alpha value is -0.870. The number of hydrogen-bond acceptors (Lipinski definition) is 3. The van der Waals surface area contributed by atoms with E-state index in [0.29, 0.717) is 17.6 Å². The van der Waals surface area contributed by atoms with Crippen LogP contribution < -0.4 is 10.1 Å². The summed E-state index contributed by atoms with van der Waals surface area (Å²) in [5, 5.41) is 5.18. The number of benzene rings is 1. The standard InChI is InChI=1S/C14H19ClN2OS/c1-3-10-7-8-19-14(17-10)16-9-11-12(15)5-4-6-13(11)18-2/h4-6,10H,3,7-9H2,1-2H3,(H,16,17). The van der Waals surface area contributed by atoms with Crippen LogP contribution in [0.2, 0.25) is 5.02 Å². The van der Waals surface area contributed by atoms with Crippen LogP contribution in [0.3, 0.4) is 0 Å². The zero-order valence-corrected chi connectivity index (χ0v) is 12.9. The highest BCUT2D eigenvalue weighted by atomic mass is 35.5. The molecule has 1 aliphatic rings. The molecule has 104 valence electrons. The van der Waals surface area contributed by atoms with Gasteiger partial charge in [0.25, 0.3) is 0 Å². The minimum absolute atomic E-state index is 0.549. The first-order valence-electron chi connectivity index (χ1n) is 6.49. The van der Waals surface area contributed by atoms with Crippen molar-refractivity contribution >= 4 is 28.5 Å². The topological polar surface area (TPSA) is 33.6 Å². The number of thioether (sulfide) groups is 1.